The Morgan fingerprint density at radius 2 is 2.12 bits per heavy atom. The Balaban J connectivity index is 2.56. The molecule has 4 heteroatoms. The van der Waals surface area contributed by atoms with Gasteiger partial charge in [-0.25, -0.2) is 9.97 Å². The second-order valence-corrected chi connectivity index (χ2v) is 4.13. The molecule has 84 valence electrons. The third-order valence-electron chi connectivity index (χ3n) is 2.67. The van der Waals surface area contributed by atoms with E-state index in [-0.39, 0.29) is 11.7 Å². The van der Waals surface area contributed by atoms with Crippen molar-refractivity contribution >= 4 is 11.7 Å². The number of fused-ring (bicyclic) bond motifs is 1. The van der Waals surface area contributed by atoms with E-state index in [0.29, 0.717) is 18.4 Å². The molecular weight excluding hydrogens is 202 g/mol. The third kappa shape index (κ3) is 1.83. The fourth-order valence-corrected chi connectivity index (χ4v) is 2.06. The molecule has 0 saturated carbocycles. The fraction of sp³-hybridized carbons (Fsp3) is 0.417. The van der Waals surface area contributed by atoms with Crippen LogP contribution in [0.3, 0.4) is 0 Å². The number of rotatable bonds is 2. The van der Waals surface area contributed by atoms with Crippen LogP contribution in [0.5, 0.6) is 0 Å². The van der Waals surface area contributed by atoms with E-state index in [2.05, 4.69) is 23.5 Å². The number of aryl methyl sites for hydroxylation is 1. The number of hydrogen-bond acceptors (Lipinski definition) is 4. The summed E-state index contributed by atoms with van der Waals surface area (Å²) in [5.74, 6) is 0.333. The van der Waals surface area contributed by atoms with Gasteiger partial charge in [-0.2, -0.15) is 0 Å². The molecule has 0 aromatic carbocycles. The van der Waals surface area contributed by atoms with Crippen LogP contribution in [0, 0.1) is 0 Å². The Kier molecular flexibility index (Phi) is 2.73. The van der Waals surface area contributed by atoms with Crippen LogP contribution in [0.2, 0.25) is 0 Å². The summed E-state index contributed by atoms with van der Waals surface area (Å²) >= 11 is 0. The van der Waals surface area contributed by atoms with Gasteiger partial charge in [-0.15, -0.1) is 0 Å². The van der Waals surface area contributed by atoms with E-state index in [1.54, 1.807) is 0 Å². The minimum absolute atomic E-state index is 0.0784. The van der Waals surface area contributed by atoms with Gasteiger partial charge in [0.15, 0.2) is 5.78 Å². The SMILES string of the molecule is C=C1CC(=O)c2c(CCC)nc(N)nc2C1. The van der Waals surface area contributed by atoms with Gasteiger partial charge in [0.1, 0.15) is 0 Å². The molecule has 1 heterocycles. The summed E-state index contributed by atoms with van der Waals surface area (Å²) in [4.78, 5) is 20.2. The van der Waals surface area contributed by atoms with Gasteiger partial charge in [-0.3, -0.25) is 4.79 Å². The van der Waals surface area contributed by atoms with E-state index in [1.165, 1.54) is 0 Å². The number of ketones is 1. The van der Waals surface area contributed by atoms with E-state index in [0.717, 1.165) is 29.8 Å². The van der Waals surface area contributed by atoms with Crippen molar-refractivity contribution in [3.63, 3.8) is 0 Å². The summed E-state index contributed by atoms with van der Waals surface area (Å²) in [7, 11) is 0. The van der Waals surface area contributed by atoms with Gasteiger partial charge in [0, 0.05) is 12.8 Å². The van der Waals surface area contributed by atoms with Gasteiger partial charge >= 0.3 is 0 Å². The van der Waals surface area contributed by atoms with E-state index in [4.69, 9.17) is 5.73 Å². The summed E-state index contributed by atoms with van der Waals surface area (Å²) in [5.41, 5.74) is 8.77. The number of carbonyl (C=O) groups is 1. The number of aromatic nitrogens is 2. The summed E-state index contributed by atoms with van der Waals surface area (Å²) < 4.78 is 0. The lowest BCUT2D eigenvalue weighted by Gasteiger charge is -2.18. The van der Waals surface area contributed by atoms with E-state index >= 15 is 0 Å². The fourth-order valence-electron chi connectivity index (χ4n) is 2.06. The van der Waals surface area contributed by atoms with Gasteiger partial charge < -0.3 is 5.73 Å². The Morgan fingerprint density at radius 1 is 1.38 bits per heavy atom. The average Bonchev–Trinajstić information content (AvgIpc) is 2.15. The zero-order valence-corrected chi connectivity index (χ0v) is 9.42. The topological polar surface area (TPSA) is 68.9 Å². The third-order valence-corrected chi connectivity index (χ3v) is 2.67. The molecule has 2 rings (SSSR count). The monoisotopic (exact) mass is 217 g/mol. The second-order valence-electron chi connectivity index (χ2n) is 4.13. The predicted molar refractivity (Wildman–Crippen MR) is 62.2 cm³/mol. The number of nitrogens with zero attached hydrogens (tertiary/aromatic N) is 2. The molecule has 0 unspecified atom stereocenters. The van der Waals surface area contributed by atoms with E-state index in [1.807, 2.05) is 0 Å². The minimum atomic E-state index is 0.0784. The van der Waals surface area contributed by atoms with Crippen molar-refractivity contribution < 1.29 is 4.79 Å². The van der Waals surface area contributed by atoms with Gasteiger partial charge in [-0.05, 0) is 6.42 Å². The second kappa shape index (κ2) is 4.04. The molecule has 0 radical (unpaired) electrons. The molecule has 0 bridgehead atoms. The minimum Gasteiger partial charge on any atom is -0.368 e. The van der Waals surface area contributed by atoms with Gasteiger partial charge in [0.25, 0.3) is 0 Å². The molecular formula is C12H15N3O. The van der Waals surface area contributed by atoms with Crippen LogP contribution in [0.15, 0.2) is 12.2 Å². The Morgan fingerprint density at radius 3 is 2.81 bits per heavy atom. The van der Waals surface area contributed by atoms with Crippen LogP contribution in [-0.4, -0.2) is 15.8 Å². The molecule has 0 saturated heterocycles. The van der Waals surface area contributed by atoms with E-state index < -0.39 is 0 Å². The van der Waals surface area contributed by atoms with Crippen molar-refractivity contribution in [2.24, 2.45) is 0 Å². The molecule has 0 amide bonds. The lowest BCUT2D eigenvalue weighted by molar-refractivity contribution is 0.0985. The van der Waals surface area contributed by atoms with Crippen LogP contribution >= 0.6 is 0 Å². The van der Waals surface area contributed by atoms with Crippen LogP contribution in [0.4, 0.5) is 5.95 Å². The van der Waals surface area contributed by atoms with Gasteiger partial charge in [0.2, 0.25) is 5.95 Å². The van der Waals surface area contributed by atoms with Gasteiger partial charge in [-0.1, -0.05) is 25.5 Å². The standard InChI is InChI=1S/C12H15N3O/c1-3-4-8-11-9(15-12(13)14-8)5-7(2)6-10(11)16/h2-6H2,1H3,(H2,13,14,15). The first-order chi connectivity index (χ1) is 7.61. The number of allylic oxidation sites excluding steroid dienone is 1. The molecule has 4 nitrogen and oxygen atoms in total. The normalized spacial score (nSPS) is 15.1. The number of Topliss-reactive ketones (excluding diaryl/α,β-unsaturated/α-hetero) is 1. The highest BCUT2D eigenvalue weighted by Gasteiger charge is 2.25. The lowest BCUT2D eigenvalue weighted by atomic mass is 9.89. The van der Waals surface area contributed by atoms with Gasteiger partial charge in [0.05, 0.1) is 17.0 Å². The summed E-state index contributed by atoms with van der Waals surface area (Å²) in [6.07, 6.45) is 2.77. The van der Waals surface area contributed by atoms with Crippen molar-refractivity contribution in [2.45, 2.75) is 32.6 Å². The molecule has 1 aliphatic carbocycles. The number of nitrogens with two attached hydrogens (primary N) is 1. The zero-order chi connectivity index (χ0) is 11.7. The molecule has 1 aromatic rings. The number of hydrogen-bond donors (Lipinski definition) is 1. The van der Waals surface area contributed by atoms with E-state index in [9.17, 15) is 4.79 Å². The molecule has 0 spiro atoms. The summed E-state index contributed by atoms with van der Waals surface area (Å²) in [6, 6.07) is 0. The molecule has 0 fully saturated rings. The summed E-state index contributed by atoms with van der Waals surface area (Å²) in [5, 5.41) is 0. The maximum absolute atomic E-state index is 11.9. The number of anilines is 1. The highest BCUT2D eigenvalue weighted by Crippen LogP contribution is 2.25. The smallest absolute Gasteiger partial charge is 0.220 e. The van der Waals surface area contributed by atoms with Crippen molar-refractivity contribution in [1.29, 1.82) is 0 Å². The molecule has 1 aromatic heterocycles. The van der Waals surface area contributed by atoms with Crippen LogP contribution in [0.25, 0.3) is 0 Å². The first-order valence-corrected chi connectivity index (χ1v) is 5.47. The molecule has 16 heavy (non-hydrogen) atoms. The molecule has 2 N–H and O–H groups in total. The quantitative estimate of drug-likeness (QED) is 0.765. The first-order valence-electron chi connectivity index (χ1n) is 5.47. The maximum Gasteiger partial charge on any atom is 0.220 e. The Bertz CT molecular complexity index is 466. The van der Waals surface area contributed by atoms with Crippen molar-refractivity contribution in [3.8, 4) is 0 Å². The van der Waals surface area contributed by atoms with Crippen LogP contribution in [0.1, 0.15) is 41.5 Å². The average molecular weight is 217 g/mol. The molecule has 1 aliphatic rings. The lowest BCUT2D eigenvalue weighted by Crippen LogP contribution is -2.19. The van der Waals surface area contributed by atoms with Crippen LogP contribution in [-0.2, 0) is 12.8 Å². The number of nitrogen functional groups attached to an aromatic ring is 1. The first kappa shape index (κ1) is 10.8. The van der Waals surface area contributed by atoms with Crippen molar-refractivity contribution in [1.82, 2.24) is 9.97 Å². The van der Waals surface area contributed by atoms with Crippen LogP contribution < -0.4 is 5.73 Å². The largest absolute Gasteiger partial charge is 0.368 e. The van der Waals surface area contributed by atoms with Crippen molar-refractivity contribution in [3.05, 3.63) is 29.1 Å². The maximum atomic E-state index is 11.9. The summed E-state index contributed by atoms with van der Waals surface area (Å²) in [6.45, 7) is 5.90. The Labute approximate surface area is 94.6 Å². The molecule has 0 atom stereocenters. The van der Waals surface area contributed by atoms with Crippen molar-refractivity contribution in [2.75, 3.05) is 5.73 Å². The highest BCUT2D eigenvalue weighted by atomic mass is 16.1. The predicted octanol–water partition coefficient (Wildman–Crippen LogP) is 1.70. The number of carbonyl (C=O) groups excluding carboxylic acids is 1. The Hall–Kier alpha value is -1.71. The molecule has 0 aliphatic heterocycles. The highest BCUT2D eigenvalue weighted by molar-refractivity contribution is 6.01. The zero-order valence-electron chi connectivity index (χ0n) is 9.42.